The first-order chi connectivity index (χ1) is 13.5. The summed E-state index contributed by atoms with van der Waals surface area (Å²) in [5.41, 5.74) is 0.666. The van der Waals surface area contributed by atoms with Gasteiger partial charge in [0.2, 0.25) is 5.91 Å². The molecule has 0 radical (unpaired) electrons. The number of anilines is 1. The number of amides is 2. The largest absolute Gasteiger partial charge is 0.494 e. The molecule has 1 heterocycles. The van der Waals surface area contributed by atoms with Gasteiger partial charge in [-0.2, -0.15) is 0 Å². The van der Waals surface area contributed by atoms with Gasteiger partial charge in [-0.3, -0.25) is 9.59 Å². The first-order valence-corrected chi connectivity index (χ1v) is 9.23. The van der Waals surface area contributed by atoms with Crippen LogP contribution in [0.3, 0.4) is 0 Å². The first-order valence-electron chi connectivity index (χ1n) is 9.23. The lowest BCUT2D eigenvalue weighted by atomic mass is 10.1. The zero-order valence-corrected chi connectivity index (χ0v) is 15.7. The molecule has 2 aromatic carbocycles. The molecule has 6 nitrogen and oxygen atoms in total. The Bertz CT molecular complexity index is 808. The molecule has 1 aliphatic rings. The van der Waals surface area contributed by atoms with Crippen molar-refractivity contribution in [1.29, 1.82) is 0 Å². The van der Waals surface area contributed by atoms with Gasteiger partial charge in [0.1, 0.15) is 17.3 Å². The Morgan fingerprint density at radius 1 is 1.11 bits per heavy atom. The number of carbonyl (C=O) groups excluding carboxylic acids is 2. The minimum absolute atomic E-state index is 0.00646. The Labute approximate surface area is 163 Å². The third-order valence-corrected chi connectivity index (χ3v) is 4.44. The predicted molar refractivity (Wildman–Crippen MR) is 103 cm³/mol. The summed E-state index contributed by atoms with van der Waals surface area (Å²) < 4.78 is 23.8. The molecule has 0 bridgehead atoms. The van der Waals surface area contributed by atoms with E-state index < -0.39 is 0 Å². The van der Waals surface area contributed by atoms with Crippen LogP contribution in [0.1, 0.15) is 13.3 Å². The number of hydrogen-bond donors (Lipinski definition) is 1. The van der Waals surface area contributed by atoms with Crippen LogP contribution in [-0.4, -0.2) is 38.1 Å². The van der Waals surface area contributed by atoms with E-state index in [1.807, 2.05) is 6.92 Å². The van der Waals surface area contributed by atoms with Gasteiger partial charge in [0, 0.05) is 31.1 Å². The van der Waals surface area contributed by atoms with Crippen molar-refractivity contribution < 1.29 is 23.5 Å². The minimum atomic E-state index is -0.341. The molecule has 28 heavy (non-hydrogen) atoms. The van der Waals surface area contributed by atoms with Gasteiger partial charge in [-0.1, -0.05) is 0 Å². The van der Waals surface area contributed by atoms with Crippen LogP contribution in [0, 0.1) is 11.7 Å². The smallest absolute Gasteiger partial charge is 0.257 e. The van der Waals surface area contributed by atoms with Crippen LogP contribution in [-0.2, 0) is 9.59 Å². The molecule has 1 saturated heterocycles. The fourth-order valence-corrected chi connectivity index (χ4v) is 3.05. The quantitative estimate of drug-likeness (QED) is 0.758. The third-order valence-electron chi connectivity index (χ3n) is 4.44. The Hall–Kier alpha value is -3.09. The molecule has 1 N–H and O–H groups in total. The molecule has 2 amide bonds. The van der Waals surface area contributed by atoms with Crippen LogP contribution in [0.2, 0.25) is 0 Å². The minimum Gasteiger partial charge on any atom is -0.494 e. The van der Waals surface area contributed by atoms with Crippen molar-refractivity contribution in [3.05, 3.63) is 54.3 Å². The maximum atomic E-state index is 13.0. The van der Waals surface area contributed by atoms with Crippen molar-refractivity contribution in [3.63, 3.8) is 0 Å². The highest BCUT2D eigenvalue weighted by Gasteiger charge is 2.30. The molecular weight excluding hydrogens is 363 g/mol. The second-order valence-electron chi connectivity index (χ2n) is 6.55. The Balaban J connectivity index is 1.42. The van der Waals surface area contributed by atoms with Crippen molar-refractivity contribution in [2.45, 2.75) is 13.3 Å². The number of nitrogens with one attached hydrogen (secondary N) is 1. The van der Waals surface area contributed by atoms with Gasteiger partial charge in [0.15, 0.2) is 6.61 Å². The summed E-state index contributed by atoms with van der Waals surface area (Å²) in [7, 11) is 0. The van der Waals surface area contributed by atoms with Gasteiger partial charge in [-0.25, -0.2) is 4.39 Å². The van der Waals surface area contributed by atoms with Crippen LogP contribution >= 0.6 is 0 Å². The van der Waals surface area contributed by atoms with E-state index in [2.05, 4.69) is 5.32 Å². The normalized spacial score (nSPS) is 16.1. The summed E-state index contributed by atoms with van der Waals surface area (Å²) in [5, 5.41) is 2.80. The predicted octanol–water partition coefficient (Wildman–Crippen LogP) is 2.77. The number of hydrogen-bond acceptors (Lipinski definition) is 4. The maximum Gasteiger partial charge on any atom is 0.257 e. The van der Waals surface area contributed by atoms with Crippen molar-refractivity contribution in [2.24, 2.45) is 5.92 Å². The molecule has 0 aromatic heterocycles. The lowest BCUT2D eigenvalue weighted by molar-refractivity contribution is -0.123. The molecule has 1 atom stereocenters. The number of ether oxygens (including phenoxy) is 2. The number of benzene rings is 2. The van der Waals surface area contributed by atoms with Gasteiger partial charge < -0.3 is 19.7 Å². The standard InChI is InChI=1S/C21H23FN2O4/c1-2-27-18-7-9-19(10-8-18)28-14-20(25)23-12-15-11-21(26)24(13-15)17-5-3-16(22)4-6-17/h3-10,15H,2,11-14H2,1H3,(H,23,25). The average Bonchev–Trinajstić information content (AvgIpc) is 3.07. The number of nitrogens with zero attached hydrogens (tertiary/aromatic N) is 1. The molecule has 0 aliphatic carbocycles. The average molecular weight is 386 g/mol. The summed E-state index contributed by atoms with van der Waals surface area (Å²) in [4.78, 5) is 25.8. The van der Waals surface area contributed by atoms with E-state index in [1.165, 1.54) is 12.1 Å². The molecule has 1 aliphatic heterocycles. The second-order valence-corrected chi connectivity index (χ2v) is 6.55. The lowest BCUT2D eigenvalue weighted by Crippen LogP contribution is -2.34. The van der Waals surface area contributed by atoms with Crippen LogP contribution in [0.4, 0.5) is 10.1 Å². The van der Waals surface area contributed by atoms with Gasteiger partial charge >= 0.3 is 0 Å². The molecule has 1 fully saturated rings. The number of rotatable bonds is 8. The van der Waals surface area contributed by atoms with Crippen LogP contribution < -0.4 is 19.7 Å². The van der Waals surface area contributed by atoms with E-state index >= 15 is 0 Å². The van der Waals surface area contributed by atoms with Gasteiger partial charge in [-0.15, -0.1) is 0 Å². The first kappa shape index (κ1) is 19.7. The maximum absolute atomic E-state index is 13.0. The molecule has 148 valence electrons. The zero-order valence-electron chi connectivity index (χ0n) is 15.7. The van der Waals surface area contributed by atoms with Crippen molar-refractivity contribution in [1.82, 2.24) is 5.32 Å². The second kappa shape index (κ2) is 9.21. The molecule has 7 heteroatoms. The highest BCUT2D eigenvalue weighted by Crippen LogP contribution is 2.25. The van der Waals surface area contributed by atoms with Crippen LogP contribution in [0.15, 0.2) is 48.5 Å². The summed E-state index contributed by atoms with van der Waals surface area (Å²) in [6.45, 7) is 3.27. The molecule has 3 rings (SSSR count). The highest BCUT2D eigenvalue weighted by molar-refractivity contribution is 5.95. The monoisotopic (exact) mass is 386 g/mol. The number of carbonyl (C=O) groups is 2. The third kappa shape index (κ3) is 5.22. The molecule has 0 spiro atoms. The van der Waals surface area contributed by atoms with Gasteiger partial charge in [-0.05, 0) is 55.5 Å². The lowest BCUT2D eigenvalue weighted by Gasteiger charge is -2.17. The fourth-order valence-electron chi connectivity index (χ4n) is 3.05. The van der Waals surface area contributed by atoms with Crippen molar-refractivity contribution in [3.8, 4) is 11.5 Å². The fraction of sp³-hybridized carbons (Fsp3) is 0.333. The zero-order chi connectivity index (χ0) is 19.9. The molecular formula is C21H23FN2O4. The Morgan fingerprint density at radius 3 is 2.39 bits per heavy atom. The van der Waals surface area contributed by atoms with E-state index in [9.17, 15) is 14.0 Å². The van der Waals surface area contributed by atoms with Crippen molar-refractivity contribution >= 4 is 17.5 Å². The summed E-state index contributed by atoms with van der Waals surface area (Å²) in [5.74, 6) is 0.713. The Kier molecular flexibility index (Phi) is 6.47. The van der Waals surface area contributed by atoms with Crippen molar-refractivity contribution in [2.75, 3.05) is 31.2 Å². The van der Waals surface area contributed by atoms with Crippen LogP contribution in [0.5, 0.6) is 11.5 Å². The topological polar surface area (TPSA) is 67.9 Å². The van der Waals surface area contributed by atoms with E-state index in [4.69, 9.17) is 9.47 Å². The Morgan fingerprint density at radius 2 is 1.75 bits per heavy atom. The van der Waals surface area contributed by atoms with Gasteiger partial charge in [0.25, 0.3) is 5.91 Å². The molecule has 2 aromatic rings. The van der Waals surface area contributed by atoms with E-state index in [0.29, 0.717) is 37.6 Å². The summed E-state index contributed by atoms with van der Waals surface area (Å²) in [6.07, 6.45) is 0.345. The van der Waals surface area contributed by atoms with Crippen LogP contribution in [0.25, 0.3) is 0 Å². The van der Waals surface area contributed by atoms with E-state index in [-0.39, 0.29) is 30.2 Å². The van der Waals surface area contributed by atoms with E-state index in [1.54, 1.807) is 41.3 Å². The van der Waals surface area contributed by atoms with Gasteiger partial charge in [0.05, 0.1) is 6.61 Å². The van der Waals surface area contributed by atoms with E-state index in [0.717, 1.165) is 5.75 Å². The summed E-state index contributed by atoms with van der Waals surface area (Å²) in [6, 6.07) is 12.9. The molecule has 1 unspecified atom stereocenters. The number of halogens is 1. The SMILES string of the molecule is CCOc1ccc(OCC(=O)NCC2CC(=O)N(c3ccc(F)cc3)C2)cc1. The summed E-state index contributed by atoms with van der Waals surface area (Å²) >= 11 is 0. The highest BCUT2D eigenvalue weighted by atomic mass is 19.1. The molecule has 0 saturated carbocycles.